The SMILES string of the molecule is CN(C(=O)COc1ccc(C(N)=O)cc1)c1ccccc1. The van der Waals surface area contributed by atoms with Gasteiger partial charge >= 0.3 is 0 Å². The van der Waals surface area contributed by atoms with Crippen LogP contribution in [0.15, 0.2) is 54.6 Å². The molecule has 0 spiro atoms. The third-order valence-electron chi connectivity index (χ3n) is 3.02. The standard InChI is InChI=1S/C16H16N2O3/c1-18(13-5-3-2-4-6-13)15(19)11-21-14-9-7-12(8-10-14)16(17)20/h2-10H,11H2,1H3,(H2,17,20). The summed E-state index contributed by atoms with van der Waals surface area (Å²) in [5.41, 5.74) is 6.35. The van der Waals surface area contributed by atoms with Crippen molar-refractivity contribution in [3.63, 3.8) is 0 Å². The van der Waals surface area contributed by atoms with Gasteiger partial charge in [-0.2, -0.15) is 0 Å². The second-order valence-electron chi connectivity index (χ2n) is 4.47. The lowest BCUT2D eigenvalue weighted by Crippen LogP contribution is -2.31. The molecule has 0 bridgehead atoms. The number of ether oxygens (including phenoxy) is 1. The van der Waals surface area contributed by atoms with Gasteiger partial charge in [-0.25, -0.2) is 0 Å². The van der Waals surface area contributed by atoms with Gasteiger partial charge in [-0.3, -0.25) is 9.59 Å². The zero-order valence-electron chi connectivity index (χ0n) is 11.7. The van der Waals surface area contributed by atoms with Crippen LogP contribution in [0.1, 0.15) is 10.4 Å². The van der Waals surface area contributed by atoms with Gasteiger partial charge in [0.05, 0.1) is 0 Å². The van der Waals surface area contributed by atoms with Gasteiger partial charge in [0.1, 0.15) is 5.75 Å². The van der Waals surface area contributed by atoms with Gasteiger partial charge in [-0.05, 0) is 36.4 Å². The Balaban J connectivity index is 1.93. The summed E-state index contributed by atoms with van der Waals surface area (Å²) in [6.45, 7) is -0.0820. The molecule has 2 rings (SSSR count). The van der Waals surface area contributed by atoms with E-state index in [-0.39, 0.29) is 12.5 Å². The molecule has 2 amide bonds. The summed E-state index contributed by atoms with van der Waals surface area (Å²) >= 11 is 0. The minimum absolute atomic E-state index is 0.0820. The molecular formula is C16H16N2O3. The molecule has 0 saturated carbocycles. The van der Waals surface area contributed by atoms with E-state index < -0.39 is 5.91 Å². The van der Waals surface area contributed by atoms with Crippen LogP contribution in [-0.2, 0) is 4.79 Å². The zero-order valence-corrected chi connectivity index (χ0v) is 11.7. The van der Waals surface area contributed by atoms with Gasteiger partial charge in [0, 0.05) is 18.3 Å². The molecule has 0 aliphatic carbocycles. The number of likely N-dealkylation sites (N-methyl/N-ethyl adjacent to an activating group) is 1. The summed E-state index contributed by atoms with van der Waals surface area (Å²) in [5, 5.41) is 0. The van der Waals surface area contributed by atoms with Crippen LogP contribution >= 0.6 is 0 Å². The highest BCUT2D eigenvalue weighted by Crippen LogP contribution is 2.14. The first-order valence-electron chi connectivity index (χ1n) is 6.42. The summed E-state index contributed by atoms with van der Waals surface area (Å²) in [7, 11) is 1.69. The molecule has 2 aromatic carbocycles. The Bertz CT molecular complexity index is 624. The lowest BCUT2D eigenvalue weighted by Gasteiger charge is -2.17. The fourth-order valence-corrected chi connectivity index (χ4v) is 1.75. The molecule has 0 aliphatic rings. The molecule has 0 heterocycles. The highest BCUT2D eigenvalue weighted by molar-refractivity contribution is 5.94. The second-order valence-corrected chi connectivity index (χ2v) is 4.47. The predicted octanol–water partition coefficient (Wildman–Crippen LogP) is 1.83. The summed E-state index contributed by atoms with van der Waals surface area (Å²) in [6.07, 6.45) is 0. The molecule has 5 nitrogen and oxygen atoms in total. The number of primary amides is 1. The number of benzene rings is 2. The Hall–Kier alpha value is -2.82. The van der Waals surface area contributed by atoms with Crippen molar-refractivity contribution < 1.29 is 14.3 Å². The van der Waals surface area contributed by atoms with Crippen molar-refractivity contribution in [2.75, 3.05) is 18.6 Å². The van der Waals surface area contributed by atoms with E-state index >= 15 is 0 Å². The number of hydrogen-bond acceptors (Lipinski definition) is 3. The van der Waals surface area contributed by atoms with Crippen LogP contribution in [0, 0.1) is 0 Å². The first kappa shape index (κ1) is 14.6. The van der Waals surface area contributed by atoms with E-state index in [0.29, 0.717) is 11.3 Å². The number of carbonyl (C=O) groups is 2. The molecule has 5 heteroatoms. The van der Waals surface area contributed by atoms with Crippen molar-refractivity contribution in [2.24, 2.45) is 5.73 Å². The maximum absolute atomic E-state index is 12.0. The van der Waals surface area contributed by atoms with Crippen LogP contribution in [0.4, 0.5) is 5.69 Å². The van der Waals surface area contributed by atoms with Gasteiger partial charge < -0.3 is 15.4 Å². The number of carbonyl (C=O) groups excluding carboxylic acids is 2. The summed E-state index contributed by atoms with van der Waals surface area (Å²) in [5.74, 6) is -0.156. The third kappa shape index (κ3) is 3.82. The van der Waals surface area contributed by atoms with E-state index in [1.54, 1.807) is 31.3 Å². The van der Waals surface area contributed by atoms with Gasteiger partial charge in [-0.15, -0.1) is 0 Å². The largest absolute Gasteiger partial charge is 0.484 e. The Morgan fingerprint density at radius 1 is 1.05 bits per heavy atom. The summed E-state index contributed by atoms with van der Waals surface area (Å²) in [6, 6.07) is 15.6. The first-order chi connectivity index (χ1) is 10.1. The molecule has 0 saturated heterocycles. The monoisotopic (exact) mass is 284 g/mol. The molecule has 0 fully saturated rings. The number of para-hydroxylation sites is 1. The number of anilines is 1. The summed E-state index contributed by atoms with van der Waals surface area (Å²) in [4.78, 5) is 24.5. The van der Waals surface area contributed by atoms with Crippen LogP contribution < -0.4 is 15.4 Å². The van der Waals surface area contributed by atoms with E-state index in [0.717, 1.165) is 5.69 Å². The molecule has 0 aromatic heterocycles. The lowest BCUT2D eigenvalue weighted by molar-refractivity contribution is -0.120. The number of amides is 2. The van der Waals surface area contributed by atoms with E-state index in [1.807, 2.05) is 30.3 Å². The van der Waals surface area contributed by atoms with Gasteiger partial charge in [0.25, 0.3) is 5.91 Å². The summed E-state index contributed by atoms with van der Waals surface area (Å²) < 4.78 is 5.40. The highest BCUT2D eigenvalue weighted by atomic mass is 16.5. The van der Waals surface area contributed by atoms with Crippen LogP contribution in [0.3, 0.4) is 0 Å². The quantitative estimate of drug-likeness (QED) is 0.910. The second kappa shape index (κ2) is 6.56. The number of nitrogens with zero attached hydrogens (tertiary/aromatic N) is 1. The van der Waals surface area contributed by atoms with Crippen molar-refractivity contribution in [3.8, 4) is 5.75 Å². The van der Waals surface area contributed by atoms with E-state index in [2.05, 4.69) is 0 Å². The number of hydrogen-bond donors (Lipinski definition) is 1. The number of nitrogens with two attached hydrogens (primary N) is 1. The van der Waals surface area contributed by atoms with Crippen molar-refractivity contribution in [1.82, 2.24) is 0 Å². The topological polar surface area (TPSA) is 72.6 Å². The van der Waals surface area contributed by atoms with Crippen molar-refractivity contribution in [1.29, 1.82) is 0 Å². The van der Waals surface area contributed by atoms with Crippen LogP contribution in [0.25, 0.3) is 0 Å². The molecule has 2 N–H and O–H groups in total. The maximum atomic E-state index is 12.0. The first-order valence-corrected chi connectivity index (χ1v) is 6.42. The fourth-order valence-electron chi connectivity index (χ4n) is 1.75. The van der Waals surface area contributed by atoms with E-state index in [9.17, 15) is 9.59 Å². The molecule has 0 atom stereocenters. The highest BCUT2D eigenvalue weighted by Gasteiger charge is 2.11. The van der Waals surface area contributed by atoms with Crippen LogP contribution in [0.5, 0.6) is 5.75 Å². The minimum Gasteiger partial charge on any atom is -0.484 e. The molecule has 108 valence electrons. The van der Waals surface area contributed by atoms with Crippen molar-refractivity contribution >= 4 is 17.5 Å². The Kier molecular flexibility index (Phi) is 4.56. The lowest BCUT2D eigenvalue weighted by atomic mass is 10.2. The Morgan fingerprint density at radius 3 is 2.24 bits per heavy atom. The number of rotatable bonds is 5. The average Bonchev–Trinajstić information content (AvgIpc) is 2.53. The van der Waals surface area contributed by atoms with Gasteiger partial charge in [0.2, 0.25) is 5.91 Å². The Morgan fingerprint density at radius 2 is 1.67 bits per heavy atom. The molecular weight excluding hydrogens is 268 g/mol. The van der Waals surface area contributed by atoms with Crippen LogP contribution in [0.2, 0.25) is 0 Å². The fraction of sp³-hybridized carbons (Fsp3) is 0.125. The molecule has 0 aliphatic heterocycles. The van der Waals surface area contributed by atoms with Gasteiger partial charge in [-0.1, -0.05) is 18.2 Å². The van der Waals surface area contributed by atoms with Gasteiger partial charge in [0.15, 0.2) is 6.61 Å². The van der Waals surface area contributed by atoms with Crippen molar-refractivity contribution in [3.05, 3.63) is 60.2 Å². The van der Waals surface area contributed by atoms with Crippen LogP contribution in [-0.4, -0.2) is 25.5 Å². The van der Waals surface area contributed by atoms with Crippen molar-refractivity contribution in [2.45, 2.75) is 0 Å². The maximum Gasteiger partial charge on any atom is 0.264 e. The molecule has 0 radical (unpaired) electrons. The molecule has 21 heavy (non-hydrogen) atoms. The third-order valence-corrected chi connectivity index (χ3v) is 3.02. The average molecular weight is 284 g/mol. The minimum atomic E-state index is -0.499. The smallest absolute Gasteiger partial charge is 0.264 e. The van der Waals surface area contributed by atoms with E-state index in [4.69, 9.17) is 10.5 Å². The zero-order chi connectivity index (χ0) is 15.2. The van der Waals surface area contributed by atoms with E-state index in [1.165, 1.54) is 4.90 Å². The molecule has 2 aromatic rings. The molecule has 0 unspecified atom stereocenters. The predicted molar refractivity (Wildman–Crippen MR) is 80.3 cm³/mol. The Labute approximate surface area is 122 Å². The normalized spacial score (nSPS) is 9.95.